The summed E-state index contributed by atoms with van der Waals surface area (Å²) in [6.07, 6.45) is 2.19. The van der Waals surface area contributed by atoms with E-state index in [9.17, 15) is 4.79 Å². The normalized spacial score (nSPS) is 14.7. The van der Waals surface area contributed by atoms with Crippen molar-refractivity contribution in [1.29, 1.82) is 0 Å². The van der Waals surface area contributed by atoms with Crippen LogP contribution in [0.4, 0.5) is 5.82 Å². The van der Waals surface area contributed by atoms with E-state index in [-0.39, 0.29) is 11.2 Å². The fraction of sp³-hybridized carbons (Fsp3) is 0.400. The third-order valence-corrected chi connectivity index (χ3v) is 3.92. The van der Waals surface area contributed by atoms with Gasteiger partial charge in [0.1, 0.15) is 5.82 Å². The van der Waals surface area contributed by atoms with Crippen LogP contribution >= 0.6 is 11.6 Å². The molecule has 0 spiro atoms. The Morgan fingerprint density at radius 1 is 1.29 bits per heavy atom. The molecule has 1 amide bonds. The highest BCUT2D eigenvalue weighted by atomic mass is 35.5. The average molecular weight is 305 g/mol. The molecular formula is C15H17ClN4O. The first-order valence-electron chi connectivity index (χ1n) is 7.06. The number of hydrogen-bond donors (Lipinski definition) is 0. The van der Waals surface area contributed by atoms with Crippen LogP contribution in [0, 0.1) is 0 Å². The summed E-state index contributed by atoms with van der Waals surface area (Å²) in [6, 6.07) is 7.67. The molecule has 0 bridgehead atoms. The predicted molar refractivity (Wildman–Crippen MR) is 83.6 cm³/mol. The lowest BCUT2D eigenvalue weighted by atomic mass is 10.2. The van der Waals surface area contributed by atoms with Crippen molar-refractivity contribution in [3.05, 3.63) is 29.5 Å². The third-order valence-electron chi connectivity index (χ3n) is 3.75. The van der Waals surface area contributed by atoms with E-state index >= 15 is 0 Å². The van der Waals surface area contributed by atoms with Gasteiger partial charge in [0, 0.05) is 25.5 Å². The van der Waals surface area contributed by atoms with Crippen molar-refractivity contribution >= 4 is 34.2 Å². The van der Waals surface area contributed by atoms with Crippen LogP contribution in [-0.2, 0) is 4.79 Å². The van der Waals surface area contributed by atoms with Crippen molar-refractivity contribution in [2.24, 2.45) is 0 Å². The minimum Gasteiger partial charge on any atom is -0.350 e. The summed E-state index contributed by atoms with van der Waals surface area (Å²) in [4.78, 5) is 24.5. The first-order chi connectivity index (χ1) is 10.1. The Bertz CT molecular complexity index is 670. The molecule has 1 fully saturated rings. The third kappa shape index (κ3) is 2.93. The second-order valence-electron chi connectivity index (χ2n) is 5.28. The topological polar surface area (TPSA) is 49.3 Å². The molecule has 0 atom stereocenters. The van der Waals surface area contributed by atoms with Gasteiger partial charge in [-0.25, -0.2) is 4.98 Å². The Morgan fingerprint density at radius 3 is 2.76 bits per heavy atom. The molecule has 1 aliphatic heterocycles. The number of carbonyl (C=O) groups excluding carboxylic acids is 1. The van der Waals surface area contributed by atoms with Crippen molar-refractivity contribution in [2.45, 2.75) is 12.8 Å². The summed E-state index contributed by atoms with van der Waals surface area (Å²) in [5.74, 6) is 0.826. The highest BCUT2D eigenvalue weighted by Crippen LogP contribution is 2.24. The number of nitrogens with zero attached hydrogens (tertiary/aromatic N) is 4. The Hall–Kier alpha value is -1.88. The van der Waals surface area contributed by atoms with Gasteiger partial charge in [-0.1, -0.05) is 12.1 Å². The Labute approximate surface area is 128 Å². The molecule has 0 aliphatic carbocycles. The van der Waals surface area contributed by atoms with Gasteiger partial charge >= 0.3 is 0 Å². The van der Waals surface area contributed by atoms with E-state index in [1.54, 1.807) is 0 Å². The number of fused-ring (bicyclic) bond motifs is 1. The van der Waals surface area contributed by atoms with Gasteiger partial charge in [0.05, 0.1) is 12.1 Å². The predicted octanol–water partition coefficient (Wildman–Crippen LogP) is 2.34. The SMILES string of the molecule is CN(CC(=O)N1CCCC1)c1nc(Cl)nc2ccccc12. The monoisotopic (exact) mass is 304 g/mol. The molecule has 1 aromatic heterocycles. The molecule has 6 heteroatoms. The molecule has 110 valence electrons. The summed E-state index contributed by atoms with van der Waals surface area (Å²) >= 11 is 5.99. The molecule has 1 aliphatic rings. The summed E-state index contributed by atoms with van der Waals surface area (Å²) in [5.41, 5.74) is 0.785. The summed E-state index contributed by atoms with van der Waals surface area (Å²) in [6.45, 7) is 2.02. The molecule has 0 radical (unpaired) electrons. The van der Waals surface area contributed by atoms with Gasteiger partial charge in [-0.05, 0) is 36.6 Å². The smallest absolute Gasteiger partial charge is 0.242 e. The van der Waals surface area contributed by atoms with Gasteiger partial charge in [0.25, 0.3) is 0 Å². The van der Waals surface area contributed by atoms with Crippen LogP contribution in [0.25, 0.3) is 10.9 Å². The largest absolute Gasteiger partial charge is 0.350 e. The second-order valence-corrected chi connectivity index (χ2v) is 5.62. The van der Waals surface area contributed by atoms with Crippen molar-refractivity contribution in [2.75, 3.05) is 31.6 Å². The van der Waals surface area contributed by atoms with E-state index in [0.29, 0.717) is 12.4 Å². The van der Waals surface area contributed by atoms with Crippen molar-refractivity contribution in [3.8, 4) is 0 Å². The lowest BCUT2D eigenvalue weighted by molar-refractivity contribution is -0.128. The maximum atomic E-state index is 12.3. The maximum Gasteiger partial charge on any atom is 0.242 e. The molecule has 1 aromatic carbocycles. The van der Waals surface area contributed by atoms with Crippen LogP contribution in [0.1, 0.15) is 12.8 Å². The van der Waals surface area contributed by atoms with Crippen LogP contribution in [0.15, 0.2) is 24.3 Å². The van der Waals surface area contributed by atoms with E-state index in [4.69, 9.17) is 11.6 Å². The van der Waals surface area contributed by atoms with E-state index in [0.717, 1.165) is 36.8 Å². The number of likely N-dealkylation sites (tertiary alicyclic amines) is 1. The van der Waals surface area contributed by atoms with E-state index in [1.807, 2.05) is 41.1 Å². The number of aromatic nitrogens is 2. The van der Waals surface area contributed by atoms with Crippen LogP contribution < -0.4 is 4.90 Å². The summed E-state index contributed by atoms with van der Waals surface area (Å²) in [5, 5.41) is 1.10. The number of anilines is 1. The molecule has 0 N–H and O–H groups in total. The zero-order valence-corrected chi connectivity index (χ0v) is 12.7. The van der Waals surface area contributed by atoms with E-state index in [1.165, 1.54) is 0 Å². The Balaban J connectivity index is 1.87. The molecule has 3 rings (SSSR count). The molecule has 2 aromatic rings. The molecule has 21 heavy (non-hydrogen) atoms. The first kappa shape index (κ1) is 14.1. The number of para-hydroxylation sites is 1. The van der Waals surface area contributed by atoms with Gasteiger partial charge in [-0.2, -0.15) is 4.98 Å². The van der Waals surface area contributed by atoms with Crippen molar-refractivity contribution in [1.82, 2.24) is 14.9 Å². The Morgan fingerprint density at radius 2 is 2.00 bits per heavy atom. The van der Waals surface area contributed by atoms with Crippen LogP contribution in [0.3, 0.4) is 0 Å². The van der Waals surface area contributed by atoms with Gasteiger partial charge < -0.3 is 9.80 Å². The lowest BCUT2D eigenvalue weighted by Crippen LogP contribution is -2.37. The molecule has 0 unspecified atom stereocenters. The van der Waals surface area contributed by atoms with Crippen LogP contribution in [-0.4, -0.2) is 47.5 Å². The number of amides is 1. The molecule has 2 heterocycles. The molecular weight excluding hydrogens is 288 g/mol. The second kappa shape index (κ2) is 5.85. The fourth-order valence-corrected chi connectivity index (χ4v) is 2.84. The maximum absolute atomic E-state index is 12.3. The Kier molecular flexibility index (Phi) is 3.92. The zero-order valence-electron chi connectivity index (χ0n) is 11.9. The quantitative estimate of drug-likeness (QED) is 0.817. The molecule has 5 nitrogen and oxygen atoms in total. The van der Waals surface area contributed by atoms with E-state index < -0.39 is 0 Å². The minimum absolute atomic E-state index is 0.133. The number of hydrogen-bond acceptors (Lipinski definition) is 4. The van der Waals surface area contributed by atoms with Gasteiger partial charge in [0.2, 0.25) is 11.2 Å². The number of rotatable bonds is 3. The zero-order chi connectivity index (χ0) is 14.8. The lowest BCUT2D eigenvalue weighted by Gasteiger charge is -2.23. The van der Waals surface area contributed by atoms with E-state index in [2.05, 4.69) is 9.97 Å². The number of likely N-dealkylation sites (N-methyl/N-ethyl adjacent to an activating group) is 1. The first-order valence-corrected chi connectivity index (χ1v) is 7.44. The van der Waals surface area contributed by atoms with Gasteiger partial charge in [-0.15, -0.1) is 0 Å². The fourth-order valence-electron chi connectivity index (χ4n) is 2.67. The minimum atomic E-state index is 0.133. The summed E-state index contributed by atoms with van der Waals surface area (Å²) < 4.78 is 0. The van der Waals surface area contributed by atoms with Gasteiger partial charge in [0.15, 0.2) is 0 Å². The average Bonchev–Trinajstić information content (AvgIpc) is 3.00. The van der Waals surface area contributed by atoms with Crippen molar-refractivity contribution in [3.63, 3.8) is 0 Å². The van der Waals surface area contributed by atoms with Gasteiger partial charge in [-0.3, -0.25) is 4.79 Å². The highest BCUT2D eigenvalue weighted by Gasteiger charge is 2.20. The highest BCUT2D eigenvalue weighted by molar-refractivity contribution is 6.28. The molecule has 0 saturated carbocycles. The number of carbonyl (C=O) groups is 1. The molecule has 1 saturated heterocycles. The van der Waals surface area contributed by atoms with Crippen LogP contribution in [0.5, 0.6) is 0 Å². The summed E-state index contributed by atoms with van der Waals surface area (Å²) in [7, 11) is 1.86. The van der Waals surface area contributed by atoms with Crippen LogP contribution in [0.2, 0.25) is 5.28 Å². The number of halogens is 1. The standard InChI is InChI=1S/C15H17ClN4O/c1-19(10-13(21)20-8-4-5-9-20)14-11-6-2-3-7-12(11)17-15(16)18-14/h2-3,6-7H,4-5,8-10H2,1H3. The van der Waals surface area contributed by atoms with Crippen molar-refractivity contribution < 1.29 is 4.79 Å². The number of benzene rings is 1.